The topological polar surface area (TPSA) is 21.3 Å². The van der Waals surface area contributed by atoms with Crippen molar-refractivity contribution in [1.29, 1.82) is 0 Å². The van der Waals surface area contributed by atoms with Crippen LogP contribution in [0.25, 0.3) is 0 Å². The van der Waals surface area contributed by atoms with Gasteiger partial charge in [-0.1, -0.05) is 22.9 Å². The molecule has 4 heteroatoms. The van der Waals surface area contributed by atoms with Crippen LogP contribution in [0.4, 0.5) is 0 Å². The van der Waals surface area contributed by atoms with E-state index in [1.54, 1.807) is 0 Å². The van der Waals surface area contributed by atoms with Crippen LogP contribution in [0.3, 0.4) is 0 Å². The van der Waals surface area contributed by atoms with E-state index in [2.05, 4.69) is 40.3 Å². The molecule has 1 aromatic rings. The first kappa shape index (κ1) is 14.8. The third kappa shape index (κ3) is 4.16. The third-order valence-electron chi connectivity index (χ3n) is 3.04. The molecule has 17 heavy (non-hydrogen) atoms. The smallest absolute Gasteiger partial charge is 0.122 e. The van der Waals surface area contributed by atoms with Crippen LogP contribution < -0.4 is 10.1 Å². The molecule has 96 valence electrons. The van der Waals surface area contributed by atoms with Crippen molar-refractivity contribution in [1.82, 2.24) is 5.32 Å². The van der Waals surface area contributed by atoms with E-state index in [1.807, 2.05) is 6.07 Å². The van der Waals surface area contributed by atoms with Crippen molar-refractivity contribution in [2.24, 2.45) is 5.92 Å². The first-order valence-corrected chi connectivity index (χ1v) is 6.71. The Bertz CT molecular complexity index is 353. The van der Waals surface area contributed by atoms with Crippen molar-refractivity contribution >= 4 is 28.3 Å². The molecule has 1 N–H and O–H groups in total. The second kappa shape index (κ2) is 7.24. The standard InChI is InChI=1S/C13H18BrNO.ClH/c1-2-11-7-12(14)3-4-13(11)16-9-10-5-6-15-8-10;/h3-4,7,10,15H,2,5-6,8-9H2,1H3;1H. The SMILES string of the molecule is CCc1cc(Br)ccc1OCC1CCNC1.Cl. The van der Waals surface area contributed by atoms with Crippen molar-refractivity contribution in [3.8, 4) is 5.75 Å². The molecular formula is C13H19BrClNO. The van der Waals surface area contributed by atoms with Crippen LogP contribution in [0.5, 0.6) is 5.75 Å². The first-order valence-electron chi connectivity index (χ1n) is 5.91. The summed E-state index contributed by atoms with van der Waals surface area (Å²) in [5, 5.41) is 3.36. The summed E-state index contributed by atoms with van der Waals surface area (Å²) in [6.45, 7) is 5.22. The summed E-state index contributed by atoms with van der Waals surface area (Å²) in [6, 6.07) is 6.24. The highest BCUT2D eigenvalue weighted by Gasteiger charge is 2.15. The summed E-state index contributed by atoms with van der Waals surface area (Å²) in [6.07, 6.45) is 2.25. The normalized spacial score (nSPS) is 18.8. The maximum absolute atomic E-state index is 5.91. The molecule has 1 heterocycles. The van der Waals surface area contributed by atoms with Gasteiger partial charge in [0.2, 0.25) is 0 Å². The van der Waals surface area contributed by atoms with Gasteiger partial charge in [-0.25, -0.2) is 0 Å². The van der Waals surface area contributed by atoms with E-state index in [4.69, 9.17) is 4.74 Å². The van der Waals surface area contributed by atoms with E-state index in [1.165, 1.54) is 12.0 Å². The molecule has 0 aromatic heterocycles. The Hall–Kier alpha value is -0.250. The molecule has 0 radical (unpaired) electrons. The van der Waals surface area contributed by atoms with Crippen molar-refractivity contribution < 1.29 is 4.74 Å². The largest absolute Gasteiger partial charge is 0.493 e. The predicted molar refractivity (Wildman–Crippen MR) is 77.2 cm³/mol. The van der Waals surface area contributed by atoms with Gasteiger partial charge in [-0.2, -0.15) is 0 Å². The number of halogens is 2. The molecule has 1 aromatic carbocycles. The number of aryl methyl sites for hydroxylation is 1. The molecule has 0 spiro atoms. The fourth-order valence-electron chi connectivity index (χ4n) is 2.03. The lowest BCUT2D eigenvalue weighted by Crippen LogP contribution is -2.15. The van der Waals surface area contributed by atoms with Gasteiger partial charge in [0.1, 0.15) is 5.75 Å². The van der Waals surface area contributed by atoms with Crippen molar-refractivity contribution in [3.05, 3.63) is 28.2 Å². The zero-order valence-corrected chi connectivity index (χ0v) is 12.4. The molecule has 0 bridgehead atoms. The molecule has 0 aliphatic carbocycles. The average Bonchev–Trinajstić information content (AvgIpc) is 2.80. The lowest BCUT2D eigenvalue weighted by atomic mass is 10.1. The maximum atomic E-state index is 5.91. The minimum Gasteiger partial charge on any atom is -0.493 e. The summed E-state index contributed by atoms with van der Waals surface area (Å²) >= 11 is 3.49. The Balaban J connectivity index is 0.00000144. The first-order chi connectivity index (χ1) is 7.79. The second-order valence-corrected chi connectivity index (χ2v) is 5.19. The summed E-state index contributed by atoms with van der Waals surface area (Å²) in [4.78, 5) is 0. The summed E-state index contributed by atoms with van der Waals surface area (Å²) in [5.41, 5.74) is 1.28. The van der Waals surface area contributed by atoms with Gasteiger partial charge in [0.25, 0.3) is 0 Å². The fourth-order valence-corrected chi connectivity index (χ4v) is 2.44. The quantitative estimate of drug-likeness (QED) is 0.918. The maximum Gasteiger partial charge on any atom is 0.122 e. The van der Waals surface area contributed by atoms with Crippen LogP contribution in [0.1, 0.15) is 18.9 Å². The average molecular weight is 321 g/mol. The van der Waals surface area contributed by atoms with Crippen molar-refractivity contribution in [2.45, 2.75) is 19.8 Å². The summed E-state index contributed by atoms with van der Waals surface area (Å²) in [5.74, 6) is 1.71. The number of hydrogen-bond acceptors (Lipinski definition) is 2. The van der Waals surface area contributed by atoms with E-state index in [9.17, 15) is 0 Å². The van der Waals surface area contributed by atoms with E-state index in [0.717, 1.165) is 36.3 Å². The molecular weight excluding hydrogens is 302 g/mol. The molecule has 0 saturated carbocycles. The second-order valence-electron chi connectivity index (χ2n) is 4.28. The van der Waals surface area contributed by atoms with Gasteiger partial charge in [-0.05, 0) is 43.1 Å². The molecule has 1 fully saturated rings. The van der Waals surface area contributed by atoms with E-state index in [0.29, 0.717) is 5.92 Å². The Kier molecular flexibility index (Phi) is 6.31. The highest BCUT2D eigenvalue weighted by molar-refractivity contribution is 9.10. The Labute approximate surface area is 118 Å². The van der Waals surface area contributed by atoms with Gasteiger partial charge >= 0.3 is 0 Å². The zero-order valence-electron chi connectivity index (χ0n) is 10.0. The third-order valence-corrected chi connectivity index (χ3v) is 3.53. The van der Waals surface area contributed by atoms with Crippen LogP contribution in [-0.2, 0) is 6.42 Å². The minimum absolute atomic E-state index is 0. The highest BCUT2D eigenvalue weighted by Crippen LogP contribution is 2.24. The van der Waals surface area contributed by atoms with Crippen LogP contribution >= 0.6 is 28.3 Å². The number of benzene rings is 1. The van der Waals surface area contributed by atoms with Gasteiger partial charge in [0.05, 0.1) is 6.61 Å². The van der Waals surface area contributed by atoms with Crippen LogP contribution in [0.15, 0.2) is 22.7 Å². The van der Waals surface area contributed by atoms with Gasteiger partial charge < -0.3 is 10.1 Å². The molecule has 0 amide bonds. The van der Waals surface area contributed by atoms with Gasteiger partial charge in [0.15, 0.2) is 0 Å². The van der Waals surface area contributed by atoms with Crippen LogP contribution in [0.2, 0.25) is 0 Å². The predicted octanol–water partition coefficient (Wildman–Crippen LogP) is 3.42. The van der Waals surface area contributed by atoms with Crippen LogP contribution in [0, 0.1) is 5.92 Å². The van der Waals surface area contributed by atoms with Crippen LogP contribution in [-0.4, -0.2) is 19.7 Å². The lowest BCUT2D eigenvalue weighted by Gasteiger charge is -2.14. The van der Waals surface area contributed by atoms with E-state index >= 15 is 0 Å². The minimum atomic E-state index is 0. The van der Waals surface area contributed by atoms with Gasteiger partial charge in [-0.3, -0.25) is 0 Å². The molecule has 1 saturated heterocycles. The van der Waals surface area contributed by atoms with E-state index in [-0.39, 0.29) is 12.4 Å². The number of nitrogens with one attached hydrogen (secondary N) is 1. The fraction of sp³-hybridized carbons (Fsp3) is 0.538. The Morgan fingerprint density at radius 1 is 1.47 bits per heavy atom. The van der Waals surface area contributed by atoms with E-state index < -0.39 is 0 Å². The Morgan fingerprint density at radius 3 is 2.94 bits per heavy atom. The number of hydrogen-bond donors (Lipinski definition) is 1. The molecule has 2 nitrogen and oxygen atoms in total. The highest BCUT2D eigenvalue weighted by atomic mass is 79.9. The molecule has 1 aliphatic rings. The molecule has 2 rings (SSSR count). The lowest BCUT2D eigenvalue weighted by molar-refractivity contribution is 0.258. The zero-order chi connectivity index (χ0) is 11.4. The summed E-state index contributed by atoms with van der Waals surface area (Å²) < 4.78 is 7.03. The van der Waals surface area contributed by atoms with Gasteiger partial charge in [0, 0.05) is 16.9 Å². The van der Waals surface area contributed by atoms with Crippen molar-refractivity contribution in [3.63, 3.8) is 0 Å². The number of rotatable bonds is 4. The number of ether oxygens (including phenoxy) is 1. The van der Waals surface area contributed by atoms with Crippen molar-refractivity contribution in [2.75, 3.05) is 19.7 Å². The Morgan fingerprint density at radius 2 is 2.29 bits per heavy atom. The molecule has 1 aliphatic heterocycles. The molecule has 1 atom stereocenters. The molecule has 1 unspecified atom stereocenters. The summed E-state index contributed by atoms with van der Waals surface area (Å²) in [7, 11) is 0. The monoisotopic (exact) mass is 319 g/mol. The van der Waals surface area contributed by atoms with Gasteiger partial charge in [-0.15, -0.1) is 12.4 Å².